The summed E-state index contributed by atoms with van der Waals surface area (Å²) in [6, 6.07) is 1.96. The molecule has 3 aliphatic rings. The maximum atomic E-state index is 13.7. The molecule has 4 atom stereocenters. The van der Waals surface area contributed by atoms with Gasteiger partial charge in [-0.05, 0) is 52.0 Å². The molecule has 13 heteroatoms. The Morgan fingerprint density at radius 3 is 2.97 bits per heavy atom. The lowest BCUT2D eigenvalue weighted by atomic mass is 10.0. The normalized spacial score (nSPS) is 25.7. The zero-order valence-electron chi connectivity index (χ0n) is 21.1. The van der Waals surface area contributed by atoms with Crippen molar-refractivity contribution in [1.82, 2.24) is 20.2 Å². The van der Waals surface area contributed by atoms with Crippen LogP contribution < -0.4 is 15.8 Å². The zero-order valence-corrected chi connectivity index (χ0v) is 22.7. The summed E-state index contributed by atoms with van der Waals surface area (Å²) in [6.07, 6.45) is 5.40. The monoisotopic (exact) mass is 548 g/mol. The van der Waals surface area contributed by atoms with E-state index < -0.39 is 10.3 Å². The van der Waals surface area contributed by atoms with Crippen molar-refractivity contribution in [3.63, 3.8) is 0 Å². The fraction of sp³-hybridized carbons (Fsp3) is 0.542. The second-order valence-electron chi connectivity index (χ2n) is 9.79. The number of Topliss-reactive ketones (excluding diaryl/α,β-unsaturated/α-hetero) is 1. The first-order valence-electron chi connectivity index (χ1n) is 12.4. The van der Waals surface area contributed by atoms with Crippen LogP contribution in [0.2, 0.25) is 0 Å². The number of aryl methyl sites for hydroxylation is 2. The predicted molar refractivity (Wildman–Crippen MR) is 140 cm³/mol. The van der Waals surface area contributed by atoms with Gasteiger partial charge in [0, 0.05) is 41.1 Å². The number of carbonyl (C=O) groups excluding carboxylic acids is 1. The lowest BCUT2D eigenvalue weighted by Gasteiger charge is -2.25. The van der Waals surface area contributed by atoms with Gasteiger partial charge in [-0.25, -0.2) is 15.1 Å². The summed E-state index contributed by atoms with van der Waals surface area (Å²) in [4.78, 5) is 24.5. The summed E-state index contributed by atoms with van der Waals surface area (Å²) in [5.74, 6) is 1.35. The van der Waals surface area contributed by atoms with E-state index in [2.05, 4.69) is 25.2 Å². The topological polar surface area (TPSA) is 150 Å². The molecule has 0 bridgehead atoms. The number of rotatable bonds is 7. The van der Waals surface area contributed by atoms with Gasteiger partial charge < -0.3 is 19.9 Å². The highest BCUT2D eigenvalue weighted by Crippen LogP contribution is 2.36. The van der Waals surface area contributed by atoms with E-state index in [-0.39, 0.29) is 36.6 Å². The molecule has 5 rings (SSSR count). The van der Waals surface area contributed by atoms with Crippen LogP contribution in [0.4, 0.5) is 0 Å². The van der Waals surface area contributed by atoms with Crippen molar-refractivity contribution in [2.24, 2.45) is 16.0 Å². The fourth-order valence-electron chi connectivity index (χ4n) is 5.15. The van der Waals surface area contributed by atoms with Gasteiger partial charge in [-0.3, -0.25) is 8.98 Å². The highest BCUT2D eigenvalue weighted by atomic mass is 32.2. The zero-order chi connectivity index (χ0) is 26.3. The van der Waals surface area contributed by atoms with Crippen LogP contribution in [0.3, 0.4) is 0 Å². The smallest absolute Gasteiger partial charge is 0.333 e. The molecular formula is C24H32N6O5S2. The van der Waals surface area contributed by atoms with Crippen LogP contribution in [0.15, 0.2) is 29.0 Å². The molecule has 0 amide bonds. The summed E-state index contributed by atoms with van der Waals surface area (Å²) in [5.41, 5.74) is 2.52. The average molecular weight is 549 g/mol. The minimum absolute atomic E-state index is 0.0488. The molecule has 11 nitrogen and oxygen atoms in total. The second kappa shape index (κ2) is 10.3. The SMILES string of the molecule is Cc1sc(C(=O)C2=CNC(C)N=C2NC2CC[C@@H](COS(N)(=O)=O)C2)cc1C1OCCn2c(C)cnc21. The Bertz CT molecular complexity index is 1360. The number of imidazole rings is 1. The summed E-state index contributed by atoms with van der Waals surface area (Å²) >= 11 is 1.44. The maximum absolute atomic E-state index is 13.7. The molecule has 37 heavy (non-hydrogen) atoms. The highest BCUT2D eigenvalue weighted by molar-refractivity contribution is 7.84. The van der Waals surface area contributed by atoms with Crippen molar-refractivity contribution in [1.29, 1.82) is 0 Å². The molecule has 1 aliphatic carbocycles. The number of thiophene rings is 1. The molecule has 2 aromatic rings. The number of carbonyl (C=O) groups is 1. The minimum Gasteiger partial charge on any atom is -0.369 e. The lowest BCUT2D eigenvalue weighted by Crippen LogP contribution is -2.41. The van der Waals surface area contributed by atoms with E-state index in [1.807, 2.05) is 33.0 Å². The van der Waals surface area contributed by atoms with Crippen LogP contribution in [0.1, 0.15) is 63.9 Å². The van der Waals surface area contributed by atoms with E-state index in [1.165, 1.54) is 11.3 Å². The van der Waals surface area contributed by atoms with Gasteiger partial charge in [-0.1, -0.05) is 0 Å². The predicted octanol–water partition coefficient (Wildman–Crippen LogP) is 2.07. The van der Waals surface area contributed by atoms with E-state index in [9.17, 15) is 13.2 Å². The van der Waals surface area contributed by atoms with Gasteiger partial charge in [0.05, 0.1) is 23.7 Å². The van der Waals surface area contributed by atoms with Crippen molar-refractivity contribution in [3.05, 3.63) is 50.9 Å². The standard InChI is InChI=1S/C24H32N6O5S2/c1-13-10-27-24-22(34-7-6-30(13)24)18-9-20(36-14(18)2)21(31)19-11-26-15(3)28-23(19)29-17-5-4-16(8-17)12-35-37(25,32)33/h9-11,15-17,22,26H,4-8,12H2,1-3H3,(H,28,29)(H2,25,32,33)/t15?,16-,17?,22?/m1/s1. The van der Waals surface area contributed by atoms with Gasteiger partial charge in [0.2, 0.25) is 5.78 Å². The number of ketones is 1. The van der Waals surface area contributed by atoms with Crippen LogP contribution in [-0.2, 0) is 25.8 Å². The Morgan fingerprint density at radius 1 is 1.38 bits per heavy atom. The van der Waals surface area contributed by atoms with Crippen molar-refractivity contribution in [3.8, 4) is 0 Å². The van der Waals surface area contributed by atoms with Crippen LogP contribution in [0.5, 0.6) is 0 Å². The molecular weight excluding hydrogens is 516 g/mol. The number of nitrogens with two attached hydrogens (primary N) is 1. The molecule has 200 valence electrons. The molecule has 0 saturated heterocycles. The first-order chi connectivity index (χ1) is 17.6. The molecule has 1 fully saturated rings. The van der Waals surface area contributed by atoms with Crippen molar-refractivity contribution in [2.45, 2.75) is 64.9 Å². The Labute approximate surface area is 220 Å². The summed E-state index contributed by atoms with van der Waals surface area (Å²) in [6.45, 7) is 7.36. The summed E-state index contributed by atoms with van der Waals surface area (Å²) < 4.78 is 35.3. The van der Waals surface area contributed by atoms with Crippen LogP contribution >= 0.6 is 11.3 Å². The van der Waals surface area contributed by atoms with E-state index in [0.29, 0.717) is 29.3 Å². The molecule has 0 radical (unpaired) electrons. The molecule has 2 aromatic heterocycles. The number of nitrogens with zero attached hydrogens (tertiary/aromatic N) is 3. The quantitative estimate of drug-likeness (QED) is 0.445. The van der Waals surface area contributed by atoms with E-state index in [0.717, 1.165) is 41.3 Å². The van der Waals surface area contributed by atoms with Gasteiger partial charge in [-0.15, -0.1) is 11.3 Å². The minimum atomic E-state index is -3.96. The lowest BCUT2D eigenvalue weighted by molar-refractivity contribution is 0.0423. The Kier molecular flexibility index (Phi) is 7.24. The van der Waals surface area contributed by atoms with Crippen LogP contribution in [0.25, 0.3) is 0 Å². The molecule has 2 aliphatic heterocycles. The first kappa shape index (κ1) is 26.0. The Morgan fingerprint density at radius 2 is 2.19 bits per heavy atom. The van der Waals surface area contributed by atoms with Gasteiger partial charge in [0.25, 0.3) is 0 Å². The highest BCUT2D eigenvalue weighted by Gasteiger charge is 2.32. The third-order valence-corrected chi connectivity index (χ3v) is 8.55. The van der Waals surface area contributed by atoms with Crippen LogP contribution in [-0.4, -0.2) is 55.0 Å². The molecule has 3 unspecified atom stereocenters. The van der Waals surface area contributed by atoms with Crippen molar-refractivity contribution >= 4 is 33.3 Å². The van der Waals surface area contributed by atoms with Gasteiger partial charge in [-0.2, -0.15) is 8.42 Å². The van der Waals surface area contributed by atoms with Crippen molar-refractivity contribution in [2.75, 3.05) is 13.2 Å². The largest absolute Gasteiger partial charge is 0.369 e. The molecule has 1 saturated carbocycles. The van der Waals surface area contributed by atoms with Crippen LogP contribution in [0, 0.1) is 19.8 Å². The Balaban J connectivity index is 1.31. The van der Waals surface area contributed by atoms with E-state index in [4.69, 9.17) is 14.1 Å². The van der Waals surface area contributed by atoms with E-state index in [1.54, 1.807) is 6.20 Å². The number of ether oxygens (including phenoxy) is 1. The third-order valence-electron chi connectivity index (χ3n) is 7.02. The van der Waals surface area contributed by atoms with Gasteiger partial charge in [0.15, 0.2) is 0 Å². The number of hydrogen-bond acceptors (Lipinski definition) is 10. The fourth-order valence-corrected chi connectivity index (χ4v) is 6.53. The first-order valence-corrected chi connectivity index (χ1v) is 14.6. The molecule has 0 spiro atoms. The number of nitrogens with one attached hydrogen (secondary N) is 2. The molecule has 0 aromatic carbocycles. The number of aliphatic imine (C=N–C) groups is 1. The number of fused-ring (bicyclic) bond motifs is 1. The number of hydrogen-bond donors (Lipinski definition) is 3. The molecule has 4 N–H and O–H groups in total. The summed E-state index contributed by atoms with van der Waals surface area (Å²) in [7, 11) is -3.96. The van der Waals surface area contributed by atoms with Gasteiger partial charge >= 0.3 is 10.3 Å². The average Bonchev–Trinajstić information content (AvgIpc) is 3.56. The summed E-state index contributed by atoms with van der Waals surface area (Å²) in [5, 5.41) is 11.5. The third kappa shape index (κ3) is 5.65. The maximum Gasteiger partial charge on any atom is 0.333 e. The van der Waals surface area contributed by atoms with Gasteiger partial charge in [0.1, 0.15) is 23.9 Å². The Hall–Kier alpha value is -2.58. The number of aromatic nitrogens is 2. The number of amidine groups is 1. The van der Waals surface area contributed by atoms with E-state index >= 15 is 0 Å². The second-order valence-corrected chi connectivity index (χ2v) is 12.3. The van der Waals surface area contributed by atoms with Crippen molar-refractivity contribution < 1.29 is 22.1 Å². The molecule has 4 heterocycles.